The lowest BCUT2D eigenvalue weighted by molar-refractivity contribution is 0.303. The maximum atomic E-state index is 14.1. The molecule has 3 nitrogen and oxygen atoms in total. The summed E-state index contributed by atoms with van der Waals surface area (Å²) in [6.45, 7) is 1.76. The van der Waals surface area contributed by atoms with E-state index in [1.54, 1.807) is 12.1 Å². The molecule has 0 amide bonds. The van der Waals surface area contributed by atoms with Crippen molar-refractivity contribution in [1.82, 2.24) is 5.32 Å². The molecule has 1 aliphatic rings. The minimum atomic E-state index is -0.326. The number of benzene rings is 2. The van der Waals surface area contributed by atoms with Crippen LogP contribution in [0.3, 0.4) is 0 Å². The lowest BCUT2D eigenvalue weighted by Gasteiger charge is -2.13. The Kier molecular flexibility index (Phi) is 4.20. The summed E-state index contributed by atoms with van der Waals surface area (Å²) in [6.07, 6.45) is 0. The van der Waals surface area contributed by atoms with Gasteiger partial charge in [-0.15, -0.1) is 0 Å². The lowest BCUT2D eigenvalue weighted by atomic mass is 10.1. The van der Waals surface area contributed by atoms with Gasteiger partial charge in [0.15, 0.2) is 0 Å². The lowest BCUT2D eigenvalue weighted by Crippen LogP contribution is -2.21. The topological polar surface area (TPSA) is 33.6 Å². The SMILES string of the molecule is Fc1cccc(OCc2ccccc2Br)c1C1=NCCN1. The van der Waals surface area contributed by atoms with E-state index in [1.807, 2.05) is 24.3 Å². The number of nitrogens with zero attached hydrogens (tertiary/aromatic N) is 1. The number of hydrogen-bond donors (Lipinski definition) is 1. The van der Waals surface area contributed by atoms with Crippen molar-refractivity contribution in [2.45, 2.75) is 6.61 Å². The molecule has 3 rings (SSSR count). The van der Waals surface area contributed by atoms with Crippen LogP contribution in [-0.4, -0.2) is 18.9 Å². The fourth-order valence-electron chi connectivity index (χ4n) is 2.19. The van der Waals surface area contributed by atoms with Gasteiger partial charge in [-0.25, -0.2) is 4.39 Å². The highest BCUT2D eigenvalue weighted by molar-refractivity contribution is 9.10. The zero-order valence-electron chi connectivity index (χ0n) is 11.3. The van der Waals surface area contributed by atoms with E-state index in [2.05, 4.69) is 26.2 Å². The Labute approximate surface area is 131 Å². The first-order valence-electron chi connectivity index (χ1n) is 6.69. The summed E-state index contributed by atoms with van der Waals surface area (Å²) in [6, 6.07) is 12.6. The van der Waals surface area contributed by atoms with E-state index in [9.17, 15) is 4.39 Å². The van der Waals surface area contributed by atoms with Crippen LogP contribution < -0.4 is 10.1 Å². The molecule has 2 aromatic rings. The van der Waals surface area contributed by atoms with E-state index in [0.717, 1.165) is 16.6 Å². The monoisotopic (exact) mass is 348 g/mol. The Balaban J connectivity index is 1.86. The van der Waals surface area contributed by atoms with Crippen molar-refractivity contribution in [2.24, 2.45) is 4.99 Å². The summed E-state index contributed by atoms with van der Waals surface area (Å²) in [5.41, 5.74) is 1.41. The third-order valence-corrected chi connectivity index (χ3v) is 4.00. The van der Waals surface area contributed by atoms with Crippen molar-refractivity contribution in [2.75, 3.05) is 13.1 Å². The molecule has 0 unspecified atom stereocenters. The van der Waals surface area contributed by atoms with Gasteiger partial charge in [0.2, 0.25) is 0 Å². The molecule has 21 heavy (non-hydrogen) atoms. The molecule has 0 saturated heterocycles. The van der Waals surface area contributed by atoms with Crippen molar-refractivity contribution in [3.63, 3.8) is 0 Å². The largest absolute Gasteiger partial charge is 0.488 e. The normalized spacial score (nSPS) is 13.7. The average molecular weight is 349 g/mol. The second-order valence-electron chi connectivity index (χ2n) is 4.65. The summed E-state index contributed by atoms with van der Waals surface area (Å²) in [5.74, 6) is 0.738. The first kappa shape index (κ1) is 14.1. The summed E-state index contributed by atoms with van der Waals surface area (Å²) in [4.78, 5) is 4.28. The van der Waals surface area contributed by atoms with Crippen molar-refractivity contribution < 1.29 is 9.13 Å². The van der Waals surface area contributed by atoms with Gasteiger partial charge in [-0.2, -0.15) is 0 Å². The molecule has 0 bridgehead atoms. The fourth-order valence-corrected chi connectivity index (χ4v) is 2.59. The minimum Gasteiger partial charge on any atom is -0.488 e. The molecule has 1 N–H and O–H groups in total. The Hall–Kier alpha value is -1.88. The molecule has 5 heteroatoms. The minimum absolute atomic E-state index is 0.326. The summed E-state index contributed by atoms with van der Waals surface area (Å²) in [7, 11) is 0. The van der Waals surface area contributed by atoms with Gasteiger partial charge in [0.25, 0.3) is 0 Å². The van der Waals surface area contributed by atoms with E-state index < -0.39 is 0 Å². The highest BCUT2D eigenvalue weighted by Crippen LogP contribution is 2.25. The van der Waals surface area contributed by atoms with Gasteiger partial charge < -0.3 is 10.1 Å². The van der Waals surface area contributed by atoms with Crippen LogP contribution in [0.2, 0.25) is 0 Å². The fraction of sp³-hybridized carbons (Fsp3) is 0.188. The molecule has 2 aromatic carbocycles. The molecule has 0 atom stereocenters. The van der Waals surface area contributed by atoms with Crippen molar-refractivity contribution >= 4 is 21.8 Å². The second-order valence-corrected chi connectivity index (χ2v) is 5.50. The van der Waals surface area contributed by atoms with E-state index in [0.29, 0.717) is 30.3 Å². The number of amidine groups is 1. The quantitative estimate of drug-likeness (QED) is 0.917. The molecule has 108 valence electrons. The Morgan fingerprint density at radius 1 is 1.19 bits per heavy atom. The number of halogens is 2. The molecule has 0 saturated carbocycles. The van der Waals surface area contributed by atoms with Crippen LogP contribution in [0.15, 0.2) is 51.9 Å². The van der Waals surface area contributed by atoms with Crippen LogP contribution in [0.5, 0.6) is 5.75 Å². The summed E-state index contributed by atoms with van der Waals surface area (Å²) < 4.78 is 20.9. The first-order chi connectivity index (χ1) is 10.3. The smallest absolute Gasteiger partial charge is 0.137 e. The van der Waals surface area contributed by atoms with Crippen molar-refractivity contribution in [3.05, 3.63) is 63.9 Å². The van der Waals surface area contributed by atoms with E-state index in [1.165, 1.54) is 6.07 Å². The van der Waals surface area contributed by atoms with Crippen LogP contribution in [0.25, 0.3) is 0 Å². The van der Waals surface area contributed by atoms with Crippen molar-refractivity contribution in [1.29, 1.82) is 0 Å². The Morgan fingerprint density at radius 2 is 2.05 bits per heavy atom. The molecule has 0 aliphatic carbocycles. The standard InChI is InChI=1S/C16H14BrFN2O/c17-12-5-2-1-4-11(12)10-21-14-7-3-6-13(18)15(14)16-19-8-9-20-16/h1-7H,8-10H2,(H,19,20). The predicted octanol–water partition coefficient (Wildman–Crippen LogP) is 3.52. The summed E-state index contributed by atoms with van der Waals surface area (Å²) in [5, 5.41) is 3.08. The van der Waals surface area contributed by atoms with E-state index in [4.69, 9.17) is 4.74 Å². The van der Waals surface area contributed by atoms with Crippen LogP contribution in [-0.2, 0) is 6.61 Å². The molecule has 0 spiro atoms. The second kappa shape index (κ2) is 6.26. The predicted molar refractivity (Wildman–Crippen MR) is 84.3 cm³/mol. The molecule has 1 heterocycles. The van der Waals surface area contributed by atoms with Gasteiger partial charge in [0, 0.05) is 16.6 Å². The van der Waals surface area contributed by atoms with Crippen LogP contribution in [0, 0.1) is 5.82 Å². The van der Waals surface area contributed by atoms with Crippen molar-refractivity contribution in [3.8, 4) is 5.75 Å². The van der Waals surface area contributed by atoms with Crippen LogP contribution >= 0.6 is 15.9 Å². The third-order valence-electron chi connectivity index (χ3n) is 3.23. The van der Waals surface area contributed by atoms with Gasteiger partial charge in [0.1, 0.15) is 24.0 Å². The molecule has 1 aliphatic heterocycles. The van der Waals surface area contributed by atoms with Gasteiger partial charge in [-0.3, -0.25) is 4.99 Å². The first-order valence-corrected chi connectivity index (χ1v) is 7.48. The highest BCUT2D eigenvalue weighted by Gasteiger charge is 2.18. The summed E-state index contributed by atoms with van der Waals surface area (Å²) >= 11 is 3.48. The maximum Gasteiger partial charge on any atom is 0.137 e. The van der Waals surface area contributed by atoms with E-state index in [-0.39, 0.29) is 5.82 Å². The Bertz CT molecular complexity index is 688. The van der Waals surface area contributed by atoms with Gasteiger partial charge in [-0.05, 0) is 18.2 Å². The molecular formula is C16H14BrFN2O. The number of ether oxygens (including phenoxy) is 1. The maximum absolute atomic E-state index is 14.1. The average Bonchev–Trinajstić information content (AvgIpc) is 3.00. The highest BCUT2D eigenvalue weighted by atomic mass is 79.9. The third kappa shape index (κ3) is 3.08. The zero-order valence-corrected chi connectivity index (χ0v) is 12.9. The van der Waals surface area contributed by atoms with Crippen LogP contribution in [0.1, 0.15) is 11.1 Å². The van der Waals surface area contributed by atoms with E-state index >= 15 is 0 Å². The number of rotatable bonds is 4. The molecule has 0 fully saturated rings. The number of hydrogen-bond acceptors (Lipinski definition) is 3. The number of aliphatic imine (C=N–C) groups is 1. The number of nitrogens with one attached hydrogen (secondary N) is 1. The van der Waals surface area contributed by atoms with Crippen LogP contribution in [0.4, 0.5) is 4.39 Å². The zero-order chi connectivity index (χ0) is 14.7. The van der Waals surface area contributed by atoms with Gasteiger partial charge in [-0.1, -0.05) is 40.2 Å². The Morgan fingerprint density at radius 3 is 2.81 bits per heavy atom. The van der Waals surface area contributed by atoms with Gasteiger partial charge >= 0.3 is 0 Å². The molecule has 0 radical (unpaired) electrons. The molecular weight excluding hydrogens is 335 g/mol. The molecule has 0 aromatic heterocycles. The van der Waals surface area contributed by atoms with Gasteiger partial charge in [0.05, 0.1) is 12.1 Å².